The van der Waals surface area contributed by atoms with E-state index >= 15 is 0 Å². The maximum Gasteiger partial charge on any atom is 0.434 e. The molecular formula is C18H18ClF3N4O3. The molecule has 7 nitrogen and oxygen atoms in total. The maximum atomic E-state index is 13.7. The molecule has 1 aromatic carbocycles. The maximum absolute atomic E-state index is 13.7. The number of rotatable bonds is 4. The highest BCUT2D eigenvalue weighted by atomic mass is 35.5. The van der Waals surface area contributed by atoms with Crippen LogP contribution in [0.4, 0.5) is 13.2 Å². The first-order valence-corrected chi connectivity index (χ1v) is 9.08. The standard InChI is InChI=1S/C18H18ClF3N4O3/c1-24(11-15(27)25-6-8-29-9-7-25)17(28)14-10-23-26(16(14)18(20,21)22)13-4-2-12(19)3-5-13/h2-5,10H,6-9,11H2,1H3. The number of hydrogen-bond acceptors (Lipinski definition) is 4. The third-order valence-corrected chi connectivity index (χ3v) is 4.67. The number of amides is 2. The molecule has 0 saturated carbocycles. The molecule has 0 atom stereocenters. The monoisotopic (exact) mass is 430 g/mol. The van der Waals surface area contributed by atoms with Crippen molar-refractivity contribution in [2.24, 2.45) is 0 Å². The fraction of sp³-hybridized carbons (Fsp3) is 0.389. The fourth-order valence-electron chi connectivity index (χ4n) is 2.95. The topological polar surface area (TPSA) is 67.7 Å². The molecule has 0 aliphatic carbocycles. The average Bonchev–Trinajstić information content (AvgIpc) is 3.14. The van der Waals surface area contributed by atoms with Crippen LogP contribution in [0.5, 0.6) is 0 Å². The number of carbonyl (C=O) groups excluding carboxylic acids is 2. The van der Waals surface area contributed by atoms with Gasteiger partial charge in [0.1, 0.15) is 0 Å². The first-order valence-electron chi connectivity index (χ1n) is 8.70. The Kier molecular flexibility index (Phi) is 6.13. The van der Waals surface area contributed by atoms with E-state index in [1.54, 1.807) is 0 Å². The lowest BCUT2D eigenvalue weighted by Gasteiger charge is -2.28. The van der Waals surface area contributed by atoms with Gasteiger partial charge in [-0.3, -0.25) is 9.59 Å². The largest absolute Gasteiger partial charge is 0.434 e. The van der Waals surface area contributed by atoms with Gasteiger partial charge < -0.3 is 14.5 Å². The van der Waals surface area contributed by atoms with E-state index in [0.717, 1.165) is 11.1 Å². The van der Waals surface area contributed by atoms with Gasteiger partial charge in [-0.2, -0.15) is 18.3 Å². The van der Waals surface area contributed by atoms with E-state index in [-0.39, 0.29) is 18.1 Å². The number of alkyl halides is 3. The molecule has 1 fully saturated rings. The van der Waals surface area contributed by atoms with Crippen LogP contribution in [0.3, 0.4) is 0 Å². The Hall–Kier alpha value is -2.59. The molecule has 0 radical (unpaired) electrons. The molecule has 1 saturated heterocycles. The summed E-state index contributed by atoms with van der Waals surface area (Å²) >= 11 is 5.78. The number of aromatic nitrogens is 2. The van der Waals surface area contributed by atoms with E-state index in [4.69, 9.17) is 16.3 Å². The predicted molar refractivity (Wildman–Crippen MR) is 97.9 cm³/mol. The number of ether oxygens (including phenoxy) is 1. The van der Waals surface area contributed by atoms with E-state index in [1.807, 2.05) is 0 Å². The van der Waals surface area contributed by atoms with Gasteiger partial charge in [0.25, 0.3) is 5.91 Å². The van der Waals surface area contributed by atoms with Crippen LogP contribution in [0, 0.1) is 0 Å². The predicted octanol–water partition coefficient (Wildman–Crippen LogP) is 2.48. The molecule has 2 aromatic rings. The molecule has 0 spiro atoms. The lowest BCUT2D eigenvalue weighted by atomic mass is 10.2. The molecule has 29 heavy (non-hydrogen) atoms. The van der Waals surface area contributed by atoms with Gasteiger partial charge in [-0.05, 0) is 24.3 Å². The smallest absolute Gasteiger partial charge is 0.378 e. The zero-order valence-corrected chi connectivity index (χ0v) is 16.2. The van der Waals surface area contributed by atoms with Gasteiger partial charge in [-0.15, -0.1) is 0 Å². The molecular weight excluding hydrogens is 413 g/mol. The van der Waals surface area contributed by atoms with Crippen LogP contribution in [0.1, 0.15) is 16.1 Å². The first kappa shape index (κ1) is 21.1. The van der Waals surface area contributed by atoms with Gasteiger partial charge in [0.05, 0.1) is 37.2 Å². The highest BCUT2D eigenvalue weighted by molar-refractivity contribution is 6.30. The van der Waals surface area contributed by atoms with Crippen molar-refractivity contribution >= 4 is 23.4 Å². The van der Waals surface area contributed by atoms with E-state index in [2.05, 4.69) is 5.10 Å². The molecule has 11 heteroatoms. The Morgan fingerprint density at radius 3 is 2.41 bits per heavy atom. The van der Waals surface area contributed by atoms with Gasteiger partial charge in [-0.1, -0.05) is 11.6 Å². The zero-order valence-electron chi connectivity index (χ0n) is 15.4. The molecule has 3 rings (SSSR count). The van der Waals surface area contributed by atoms with Crippen LogP contribution in [-0.2, 0) is 15.7 Å². The van der Waals surface area contributed by atoms with Crippen molar-refractivity contribution in [1.29, 1.82) is 0 Å². The Morgan fingerprint density at radius 2 is 1.83 bits per heavy atom. The van der Waals surface area contributed by atoms with Crippen molar-refractivity contribution in [3.05, 3.63) is 46.7 Å². The van der Waals surface area contributed by atoms with Crippen molar-refractivity contribution in [3.63, 3.8) is 0 Å². The first-order chi connectivity index (χ1) is 13.7. The minimum Gasteiger partial charge on any atom is -0.378 e. The van der Waals surface area contributed by atoms with Crippen LogP contribution in [0.2, 0.25) is 5.02 Å². The second-order valence-corrected chi connectivity index (χ2v) is 6.88. The van der Waals surface area contributed by atoms with Crippen molar-refractivity contribution in [2.45, 2.75) is 6.18 Å². The summed E-state index contributed by atoms with van der Waals surface area (Å²) in [6.07, 6.45) is -3.98. The quantitative estimate of drug-likeness (QED) is 0.747. The Bertz CT molecular complexity index is 893. The molecule has 156 valence electrons. The summed E-state index contributed by atoms with van der Waals surface area (Å²) in [5, 5.41) is 4.10. The van der Waals surface area contributed by atoms with E-state index in [0.29, 0.717) is 36.0 Å². The fourth-order valence-corrected chi connectivity index (χ4v) is 3.07. The zero-order chi connectivity index (χ0) is 21.2. The van der Waals surface area contributed by atoms with Crippen LogP contribution in [0.15, 0.2) is 30.5 Å². The van der Waals surface area contributed by atoms with Crippen LogP contribution in [0.25, 0.3) is 5.69 Å². The Balaban J connectivity index is 1.86. The number of halogens is 4. The van der Waals surface area contributed by atoms with Crippen LogP contribution >= 0.6 is 11.6 Å². The molecule has 2 amide bonds. The molecule has 1 aliphatic heterocycles. The highest BCUT2D eigenvalue weighted by Crippen LogP contribution is 2.34. The van der Waals surface area contributed by atoms with Gasteiger partial charge in [-0.25, -0.2) is 4.68 Å². The van der Waals surface area contributed by atoms with E-state index in [9.17, 15) is 22.8 Å². The lowest BCUT2D eigenvalue weighted by Crippen LogP contribution is -2.46. The summed E-state index contributed by atoms with van der Waals surface area (Å²) in [6.45, 7) is 1.18. The van der Waals surface area contributed by atoms with Crippen molar-refractivity contribution in [2.75, 3.05) is 39.9 Å². The van der Waals surface area contributed by atoms with E-state index in [1.165, 1.54) is 36.2 Å². The summed E-state index contributed by atoms with van der Waals surface area (Å²) in [5.74, 6) is -1.30. The number of nitrogens with zero attached hydrogens (tertiary/aromatic N) is 4. The molecule has 0 unspecified atom stereocenters. The minimum absolute atomic E-state index is 0.104. The SMILES string of the molecule is CN(CC(=O)N1CCOCC1)C(=O)c1cnn(-c2ccc(Cl)cc2)c1C(F)(F)F. The Morgan fingerprint density at radius 1 is 1.21 bits per heavy atom. The third kappa shape index (κ3) is 4.70. The van der Waals surface area contributed by atoms with Gasteiger partial charge in [0, 0.05) is 25.2 Å². The van der Waals surface area contributed by atoms with Crippen molar-refractivity contribution < 1.29 is 27.5 Å². The van der Waals surface area contributed by atoms with Crippen molar-refractivity contribution in [1.82, 2.24) is 19.6 Å². The summed E-state index contributed by atoms with van der Waals surface area (Å²) < 4.78 is 47.0. The average molecular weight is 431 g/mol. The highest BCUT2D eigenvalue weighted by Gasteiger charge is 2.41. The third-order valence-electron chi connectivity index (χ3n) is 4.42. The molecule has 0 N–H and O–H groups in total. The van der Waals surface area contributed by atoms with Gasteiger partial charge >= 0.3 is 6.18 Å². The molecule has 1 aromatic heterocycles. The second-order valence-electron chi connectivity index (χ2n) is 6.45. The van der Waals surface area contributed by atoms with Crippen LogP contribution in [-0.4, -0.2) is 71.3 Å². The minimum atomic E-state index is -4.84. The lowest BCUT2D eigenvalue weighted by molar-refractivity contribution is -0.143. The summed E-state index contributed by atoms with van der Waals surface area (Å²) in [6, 6.07) is 5.58. The summed E-state index contributed by atoms with van der Waals surface area (Å²) in [4.78, 5) is 27.5. The second kappa shape index (κ2) is 8.42. The van der Waals surface area contributed by atoms with Crippen LogP contribution < -0.4 is 0 Å². The number of carbonyl (C=O) groups is 2. The van der Waals surface area contributed by atoms with Crippen molar-refractivity contribution in [3.8, 4) is 5.69 Å². The normalized spacial score (nSPS) is 14.7. The molecule has 1 aliphatic rings. The molecule has 2 heterocycles. The Labute approximate surface area is 169 Å². The molecule has 0 bridgehead atoms. The van der Waals surface area contributed by atoms with E-state index < -0.39 is 23.3 Å². The van der Waals surface area contributed by atoms with Gasteiger partial charge in [0.2, 0.25) is 5.91 Å². The number of morpholine rings is 1. The summed E-state index contributed by atoms with van der Waals surface area (Å²) in [7, 11) is 1.28. The summed E-state index contributed by atoms with van der Waals surface area (Å²) in [5.41, 5.74) is -1.74. The van der Waals surface area contributed by atoms with Gasteiger partial charge in [0.15, 0.2) is 5.69 Å². The number of benzene rings is 1. The number of likely N-dealkylation sites (N-methyl/N-ethyl adjacent to an activating group) is 1. The number of hydrogen-bond donors (Lipinski definition) is 0.